The Balaban J connectivity index is 1.60. The summed E-state index contributed by atoms with van der Waals surface area (Å²) in [6.07, 6.45) is 10.7. The van der Waals surface area contributed by atoms with Crippen molar-refractivity contribution in [3.05, 3.63) is 0 Å². The summed E-state index contributed by atoms with van der Waals surface area (Å²) in [4.78, 5) is 0. The Morgan fingerprint density at radius 3 is 2.41 bits per heavy atom. The van der Waals surface area contributed by atoms with Crippen molar-refractivity contribution in [3.63, 3.8) is 0 Å². The monoisotopic (exact) mass is 239 g/mol. The Hall–Kier alpha value is -0.0800. The zero-order chi connectivity index (χ0) is 12.3. The summed E-state index contributed by atoms with van der Waals surface area (Å²) in [5, 5.41) is 0. The first-order valence-corrected chi connectivity index (χ1v) is 7.44. The molecule has 2 heteroatoms. The molecular formula is C15H29NO. The molecule has 0 spiro atoms. The lowest BCUT2D eigenvalue weighted by atomic mass is 9.76. The molecule has 0 saturated heterocycles. The van der Waals surface area contributed by atoms with Crippen molar-refractivity contribution in [3.8, 4) is 0 Å². The molecule has 2 saturated carbocycles. The van der Waals surface area contributed by atoms with Gasteiger partial charge in [-0.05, 0) is 56.3 Å². The number of ether oxygens (including phenoxy) is 1. The van der Waals surface area contributed by atoms with Crippen LogP contribution < -0.4 is 5.73 Å². The third kappa shape index (κ3) is 3.96. The van der Waals surface area contributed by atoms with E-state index >= 15 is 0 Å². The zero-order valence-electron chi connectivity index (χ0n) is 11.6. The largest absolute Gasteiger partial charge is 0.378 e. The molecule has 2 aliphatic rings. The molecule has 2 unspecified atom stereocenters. The summed E-state index contributed by atoms with van der Waals surface area (Å²) in [5.41, 5.74) is 6.63. The van der Waals surface area contributed by atoms with Crippen LogP contribution in [0.15, 0.2) is 0 Å². The van der Waals surface area contributed by atoms with E-state index in [9.17, 15) is 0 Å². The minimum Gasteiger partial charge on any atom is -0.378 e. The van der Waals surface area contributed by atoms with Crippen LogP contribution in [0.1, 0.15) is 65.2 Å². The molecule has 0 aromatic rings. The maximum absolute atomic E-state index is 6.08. The van der Waals surface area contributed by atoms with E-state index in [1.807, 2.05) is 0 Å². The van der Waals surface area contributed by atoms with E-state index in [1.54, 1.807) is 0 Å². The second kappa shape index (κ2) is 5.71. The summed E-state index contributed by atoms with van der Waals surface area (Å²) < 4.78 is 6.03. The molecule has 2 nitrogen and oxygen atoms in total. The van der Waals surface area contributed by atoms with Crippen LogP contribution in [0.3, 0.4) is 0 Å². The molecule has 0 bridgehead atoms. The van der Waals surface area contributed by atoms with E-state index in [-0.39, 0.29) is 0 Å². The van der Waals surface area contributed by atoms with Crippen LogP contribution in [0.5, 0.6) is 0 Å². The van der Waals surface area contributed by atoms with Crippen LogP contribution in [0.2, 0.25) is 0 Å². The van der Waals surface area contributed by atoms with Crippen LogP contribution in [-0.2, 0) is 4.74 Å². The lowest BCUT2D eigenvalue weighted by Crippen LogP contribution is -2.29. The first kappa shape index (κ1) is 13.4. The highest BCUT2D eigenvalue weighted by atomic mass is 16.5. The fourth-order valence-electron chi connectivity index (χ4n) is 3.35. The molecule has 2 fully saturated rings. The van der Waals surface area contributed by atoms with Gasteiger partial charge in [-0.1, -0.05) is 20.3 Å². The first-order chi connectivity index (χ1) is 8.07. The molecule has 0 aromatic carbocycles. The van der Waals surface area contributed by atoms with Crippen LogP contribution in [0.4, 0.5) is 0 Å². The first-order valence-electron chi connectivity index (χ1n) is 7.44. The van der Waals surface area contributed by atoms with Crippen molar-refractivity contribution in [2.75, 3.05) is 6.61 Å². The summed E-state index contributed by atoms with van der Waals surface area (Å²) >= 11 is 0. The predicted molar refractivity (Wildman–Crippen MR) is 71.9 cm³/mol. The average molecular weight is 239 g/mol. The Kier molecular flexibility index (Phi) is 4.48. The van der Waals surface area contributed by atoms with Gasteiger partial charge >= 0.3 is 0 Å². The Morgan fingerprint density at radius 1 is 1.12 bits per heavy atom. The van der Waals surface area contributed by atoms with E-state index in [4.69, 9.17) is 10.5 Å². The normalized spacial score (nSPS) is 34.1. The maximum Gasteiger partial charge on any atom is 0.0575 e. The van der Waals surface area contributed by atoms with Crippen molar-refractivity contribution >= 4 is 0 Å². The van der Waals surface area contributed by atoms with E-state index in [1.165, 1.54) is 51.4 Å². The van der Waals surface area contributed by atoms with Gasteiger partial charge in [-0.15, -0.1) is 0 Å². The van der Waals surface area contributed by atoms with Gasteiger partial charge in [0.05, 0.1) is 6.10 Å². The number of nitrogens with two attached hydrogens (primary N) is 1. The van der Waals surface area contributed by atoms with Crippen LogP contribution in [0, 0.1) is 11.3 Å². The molecule has 2 rings (SSSR count). The van der Waals surface area contributed by atoms with E-state index in [0.717, 1.165) is 12.5 Å². The maximum atomic E-state index is 6.08. The van der Waals surface area contributed by atoms with E-state index < -0.39 is 0 Å². The van der Waals surface area contributed by atoms with Gasteiger partial charge in [-0.3, -0.25) is 0 Å². The second-order valence-corrected chi connectivity index (χ2v) is 6.88. The fourth-order valence-corrected chi connectivity index (χ4v) is 3.35. The van der Waals surface area contributed by atoms with Gasteiger partial charge in [-0.25, -0.2) is 0 Å². The lowest BCUT2D eigenvalue weighted by Gasteiger charge is -2.34. The smallest absolute Gasteiger partial charge is 0.0575 e. The summed E-state index contributed by atoms with van der Waals surface area (Å²) in [6.45, 7) is 5.69. The molecule has 0 amide bonds. The molecule has 0 aromatic heterocycles. The summed E-state index contributed by atoms with van der Waals surface area (Å²) in [6, 6.07) is 0.448. The highest BCUT2D eigenvalue weighted by molar-refractivity contribution is 4.81. The van der Waals surface area contributed by atoms with Crippen LogP contribution in [-0.4, -0.2) is 18.8 Å². The van der Waals surface area contributed by atoms with Gasteiger partial charge in [0.1, 0.15) is 0 Å². The molecule has 100 valence electrons. The van der Waals surface area contributed by atoms with Gasteiger partial charge in [0, 0.05) is 12.6 Å². The van der Waals surface area contributed by atoms with Crippen molar-refractivity contribution in [2.45, 2.75) is 77.4 Å². The minimum absolute atomic E-state index is 0.448. The predicted octanol–water partition coefficient (Wildman–Crippen LogP) is 3.49. The van der Waals surface area contributed by atoms with Gasteiger partial charge < -0.3 is 10.5 Å². The number of hydrogen-bond acceptors (Lipinski definition) is 2. The molecule has 17 heavy (non-hydrogen) atoms. The van der Waals surface area contributed by atoms with Crippen LogP contribution >= 0.6 is 0 Å². The topological polar surface area (TPSA) is 35.2 Å². The highest BCUT2D eigenvalue weighted by Gasteiger charge is 2.28. The Labute approximate surface area is 106 Å². The SMILES string of the molecule is CC1(C)CCC(OCCC2CCCC2N)CC1. The van der Waals surface area contributed by atoms with Gasteiger partial charge in [0.15, 0.2) is 0 Å². The molecule has 2 aliphatic carbocycles. The van der Waals surface area contributed by atoms with Crippen molar-refractivity contribution in [1.29, 1.82) is 0 Å². The minimum atomic E-state index is 0.448. The van der Waals surface area contributed by atoms with Gasteiger partial charge in [-0.2, -0.15) is 0 Å². The Morgan fingerprint density at radius 2 is 1.82 bits per heavy atom. The van der Waals surface area contributed by atoms with Gasteiger partial charge in [0.25, 0.3) is 0 Å². The van der Waals surface area contributed by atoms with Crippen molar-refractivity contribution in [2.24, 2.45) is 17.1 Å². The molecule has 0 radical (unpaired) electrons. The summed E-state index contributed by atoms with van der Waals surface area (Å²) in [7, 11) is 0. The molecule has 0 heterocycles. The third-order valence-corrected chi connectivity index (χ3v) is 4.85. The number of hydrogen-bond donors (Lipinski definition) is 1. The van der Waals surface area contributed by atoms with Crippen LogP contribution in [0.25, 0.3) is 0 Å². The van der Waals surface area contributed by atoms with E-state index in [2.05, 4.69) is 13.8 Å². The second-order valence-electron chi connectivity index (χ2n) is 6.88. The number of rotatable bonds is 4. The van der Waals surface area contributed by atoms with E-state index in [0.29, 0.717) is 17.6 Å². The summed E-state index contributed by atoms with van der Waals surface area (Å²) in [5.74, 6) is 0.732. The molecular weight excluding hydrogens is 210 g/mol. The molecule has 2 N–H and O–H groups in total. The lowest BCUT2D eigenvalue weighted by molar-refractivity contribution is -0.00145. The molecule has 0 aliphatic heterocycles. The Bertz CT molecular complexity index is 229. The fraction of sp³-hybridized carbons (Fsp3) is 1.00. The highest BCUT2D eigenvalue weighted by Crippen LogP contribution is 2.36. The van der Waals surface area contributed by atoms with Crippen molar-refractivity contribution < 1.29 is 4.74 Å². The molecule has 2 atom stereocenters. The zero-order valence-corrected chi connectivity index (χ0v) is 11.6. The standard InChI is InChI=1S/C15H29NO/c1-15(2)9-6-13(7-10-15)17-11-8-12-4-3-5-14(12)16/h12-14H,3-11,16H2,1-2H3. The van der Waals surface area contributed by atoms with Crippen molar-refractivity contribution in [1.82, 2.24) is 0 Å². The average Bonchev–Trinajstić information content (AvgIpc) is 2.67. The quantitative estimate of drug-likeness (QED) is 0.815. The third-order valence-electron chi connectivity index (χ3n) is 4.85. The van der Waals surface area contributed by atoms with Gasteiger partial charge in [0.2, 0.25) is 0 Å².